The maximum atomic E-state index is 12.7. The fraction of sp³-hybridized carbons (Fsp3) is 0.471. The maximum Gasteiger partial charge on any atom is 0.263 e. The highest BCUT2D eigenvalue weighted by Gasteiger charge is 2.26. The summed E-state index contributed by atoms with van der Waals surface area (Å²) in [5, 5.41) is 6.71. The summed E-state index contributed by atoms with van der Waals surface area (Å²) in [5.74, 6) is 2.76. The topological polar surface area (TPSA) is 92.8 Å². The van der Waals surface area contributed by atoms with Crippen molar-refractivity contribution in [1.82, 2.24) is 25.0 Å². The van der Waals surface area contributed by atoms with Gasteiger partial charge in [0.2, 0.25) is 6.79 Å². The van der Waals surface area contributed by atoms with E-state index >= 15 is 0 Å². The van der Waals surface area contributed by atoms with Gasteiger partial charge in [-0.1, -0.05) is 0 Å². The van der Waals surface area contributed by atoms with Crippen LogP contribution in [0, 0.1) is 0 Å². The summed E-state index contributed by atoms with van der Waals surface area (Å²) >= 11 is 0. The lowest BCUT2D eigenvalue weighted by atomic mass is 10.2. The SMILES string of the molecule is C[C@H](Oc1ccc2c(c1)OCO2)C(=O)N1CCN(Cc2ncn[nH]2)CC1. The summed E-state index contributed by atoms with van der Waals surface area (Å²) in [6, 6.07) is 5.32. The number of fused-ring (bicyclic) bond motifs is 1. The number of hydrogen-bond donors (Lipinski definition) is 1. The van der Waals surface area contributed by atoms with Crippen LogP contribution in [-0.2, 0) is 11.3 Å². The molecule has 0 spiro atoms. The molecule has 0 aliphatic carbocycles. The van der Waals surface area contributed by atoms with E-state index in [9.17, 15) is 4.79 Å². The molecular weight excluding hydrogens is 338 g/mol. The van der Waals surface area contributed by atoms with Crippen molar-refractivity contribution in [3.05, 3.63) is 30.4 Å². The van der Waals surface area contributed by atoms with E-state index in [1.165, 1.54) is 6.33 Å². The second-order valence-corrected chi connectivity index (χ2v) is 6.31. The molecule has 2 aliphatic heterocycles. The highest BCUT2D eigenvalue weighted by Crippen LogP contribution is 2.35. The van der Waals surface area contributed by atoms with Crippen molar-refractivity contribution >= 4 is 5.91 Å². The first kappa shape index (κ1) is 16.6. The Balaban J connectivity index is 1.29. The number of piperazine rings is 1. The van der Waals surface area contributed by atoms with E-state index < -0.39 is 6.10 Å². The van der Waals surface area contributed by atoms with Crippen LogP contribution < -0.4 is 14.2 Å². The molecule has 0 saturated carbocycles. The van der Waals surface area contributed by atoms with Gasteiger partial charge in [0.1, 0.15) is 17.9 Å². The van der Waals surface area contributed by atoms with Gasteiger partial charge in [0.25, 0.3) is 5.91 Å². The first-order valence-electron chi connectivity index (χ1n) is 8.61. The third-order valence-corrected chi connectivity index (χ3v) is 4.53. The Hall–Kier alpha value is -2.81. The molecule has 2 aliphatic rings. The lowest BCUT2D eigenvalue weighted by Gasteiger charge is -2.35. The van der Waals surface area contributed by atoms with Gasteiger partial charge in [0.05, 0.1) is 6.54 Å². The van der Waals surface area contributed by atoms with Crippen LogP contribution in [0.3, 0.4) is 0 Å². The number of nitrogens with zero attached hydrogens (tertiary/aromatic N) is 4. The first-order chi connectivity index (χ1) is 12.7. The van der Waals surface area contributed by atoms with Gasteiger partial charge in [-0.3, -0.25) is 14.8 Å². The van der Waals surface area contributed by atoms with Crippen LogP contribution in [0.2, 0.25) is 0 Å². The zero-order valence-corrected chi connectivity index (χ0v) is 14.6. The molecule has 0 unspecified atom stereocenters. The van der Waals surface area contributed by atoms with Crippen molar-refractivity contribution in [1.29, 1.82) is 0 Å². The van der Waals surface area contributed by atoms with E-state index in [0.717, 1.165) is 18.9 Å². The quantitative estimate of drug-likeness (QED) is 0.838. The van der Waals surface area contributed by atoms with Crippen molar-refractivity contribution in [2.45, 2.75) is 19.6 Å². The normalized spacial score (nSPS) is 18.0. The molecule has 1 fully saturated rings. The number of hydrogen-bond acceptors (Lipinski definition) is 7. The average molecular weight is 359 g/mol. The second kappa shape index (κ2) is 7.20. The number of ether oxygens (including phenoxy) is 3. The Kier molecular flexibility index (Phi) is 4.61. The standard InChI is InChI=1S/C17H21N5O4/c1-12(26-13-2-3-14-15(8-13)25-11-24-14)17(23)22-6-4-21(5-7-22)9-16-18-10-19-20-16/h2-3,8,10,12H,4-7,9,11H2,1H3,(H,18,19,20)/t12-/m0/s1. The van der Waals surface area contributed by atoms with Crippen LogP contribution in [0.4, 0.5) is 0 Å². The minimum absolute atomic E-state index is 0.0121. The Morgan fingerprint density at radius 3 is 2.85 bits per heavy atom. The first-order valence-corrected chi connectivity index (χ1v) is 8.61. The van der Waals surface area contributed by atoms with Crippen LogP contribution in [0.5, 0.6) is 17.2 Å². The molecule has 1 N–H and O–H groups in total. The number of amides is 1. The molecule has 3 heterocycles. The van der Waals surface area contributed by atoms with E-state index in [1.54, 1.807) is 25.1 Å². The van der Waals surface area contributed by atoms with E-state index in [0.29, 0.717) is 36.9 Å². The van der Waals surface area contributed by atoms with Gasteiger partial charge >= 0.3 is 0 Å². The summed E-state index contributed by atoms with van der Waals surface area (Å²) in [5.41, 5.74) is 0. The molecule has 26 heavy (non-hydrogen) atoms. The molecule has 4 rings (SSSR count). The summed E-state index contributed by atoms with van der Waals surface area (Å²) in [7, 11) is 0. The predicted octanol–water partition coefficient (Wildman–Crippen LogP) is 0.645. The zero-order valence-electron chi connectivity index (χ0n) is 14.6. The van der Waals surface area contributed by atoms with Gasteiger partial charge in [-0.2, -0.15) is 5.10 Å². The molecule has 1 aromatic heterocycles. The predicted molar refractivity (Wildman–Crippen MR) is 90.9 cm³/mol. The van der Waals surface area contributed by atoms with Crippen molar-refractivity contribution < 1.29 is 19.0 Å². The Labute approximate surface area is 150 Å². The second-order valence-electron chi connectivity index (χ2n) is 6.31. The van der Waals surface area contributed by atoms with Crippen LogP contribution in [-0.4, -0.2) is 70.0 Å². The number of H-pyrrole nitrogens is 1. The molecular formula is C17H21N5O4. The molecule has 9 nitrogen and oxygen atoms in total. The van der Waals surface area contributed by atoms with Gasteiger partial charge in [-0.25, -0.2) is 4.98 Å². The number of aromatic amines is 1. The highest BCUT2D eigenvalue weighted by atomic mass is 16.7. The molecule has 9 heteroatoms. The van der Waals surface area contributed by atoms with Gasteiger partial charge < -0.3 is 19.1 Å². The fourth-order valence-electron chi connectivity index (χ4n) is 3.11. The minimum atomic E-state index is -0.559. The number of nitrogens with one attached hydrogen (secondary N) is 1. The number of benzene rings is 1. The van der Waals surface area contributed by atoms with E-state index in [1.807, 2.05) is 4.90 Å². The minimum Gasteiger partial charge on any atom is -0.481 e. The molecule has 0 bridgehead atoms. The molecule has 1 atom stereocenters. The molecule has 138 valence electrons. The van der Waals surface area contributed by atoms with Gasteiger partial charge in [0.15, 0.2) is 17.6 Å². The molecule has 2 aromatic rings. The molecule has 1 saturated heterocycles. The van der Waals surface area contributed by atoms with Crippen molar-refractivity contribution in [2.24, 2.45) is 0 Å². The Morgan fingerprint density at radius 1 is 1.27 bits per heavy atom. The Morgan fingerprint density at radius 2 is 2.08 bits per heavy atom. The van der Waals surface area contributed by atoms with Crippen LogP contribution in [0.15, 0.2) is 24.5 Å². The molecule has 1 amide bonds. The summed E-state index contributed by atoms with van der Waals surface area (Å²) in [6.07, 6.45) is 0.945. The molecule has 1 aromatic carbocycles. The van der Waals surface area contributed by atoms with Gasteiger partial charge in [-0.15, -0.1) is 0 Å². The largest absolute Gasteiger partial charge is 0.481 e. The lowest BCUT2D eigenvalue weighted by Crippen LogP contribution is -2.51. The fourth-order valence-corrected chi connectivity index (χ4v) is 3.11. The van der Waals surface area contributed by atoms with Crippen molar-refractivity contribution in [3.63, 3.8) is 0 Å². The third-order valence-electron chi connectivity index (χ3n) is 4.53. The average Bonchev–Trinajstić information content (AvgIpc) is 3.33. The maximum absolute atomic E-state index is 12.7. The van der Waals surface area contributed by atoms with Crippen LogP contribution in [0.25, 0.3) is 0 Å². The highest BCUT2D eigenvalue weighted by molar-refractivity contribution is 5.81. The van der Waals surface area contributed by atoms with E-state index in [-0.39, 0.29) is 12.7 Å². The number of aromatic nitrogens is 3. The number of rotatable bonds is 5. The van der Waals surface area contributed by atoms with E-state index in [4.69, 9.17) is 14.2 Å². The summed E-state index contributed by atoms with van der Waals surface area (Å²) in [6.45, 7) is 5.63. The van der Waals surface area contributed by atoms with Crippen LogP contribution >= 0.6 is 0 Å². The smallest absolute Gasteiger partial charge is 0.263 e. The van der Waals surface area contributed by atoms with Crippen molar-refractivity contribution in [2.75, 3.05) is 33.0 Å². The van der Waals surface area contributed by atoms with Crippen molar-refractivity contribution in [3.8, 4) is 17.2 Å². The van der Waals surface area contributed by atoms with Gasteiger partial charge in [-0.05, 0) is 19.1 Å². The molecule has 0 radical (unpaired) electrons. The van der Waals surface area contributed by atoms with Crippen LogP contribution in [0.1, 0.15) is 12.7 Å². The summed E-state index contributed by atoms with van der Waals surface area (Å²) in [4.78, 5) is 20.9. The van der Waals surface area contributed by atoms with E-state index in [2.05, 4.69) is 20.1 Å². The number of carbonyl (C=O) groups is 1. The Bertz CT molecular complexity index is 759. The monoisotopic (exact) mass is 359 g/mol. The lowest BCUT2D eigenvalue weighted by molar-refractivity contribution is -0.139. The third kappa shape index (κ3) is 3.57. The number of carbonyl (C=O) groups excluding carboxylic acids is 1. The summed E-state index contributed by atoms with van der Waals surface area (Å²) < 4.78 is 16.4. The zero-order chi connectivity index (χ0) is 17.9. The van der Waals surface area contributed by atoms with Gasteiger partial charge in [0, 0.05) is 32.2 Å².